The van der Waals surface area contributed by atoms with Crippen LogP contribution in [-0.2, 0) is 0 Å². The second-order valence-corrected chi connectivity index (χ2v) is 3.76. The summed E-state index contributed by atoms with van der Waals surface area (Å²) in [5.41, 5.74) is 0. The quantitative estimate of drug-likeness (QED) is 0.819. The molecule has 0 heterocycles. The Morgan fingerprint density at radius 2 is 2.12 bits per heavy atom. The Kier molecular flexibility index (Phi) is 5.38. The van der Waals surface area contributed by atoms with E-state index in [1.165, 1.54) is 0 Å². The van der Waals surface area contributed by atoms with Crippen molar-refractivity contribution in [3.8, 4) is 5.75 Å². The largest absolute Gasteiger partial charge is 0.412 e. The van der Waals surface area contributed by atoms with Crippen molar-refractivity contribution in [1.82, 2.24) is 10.6 Å². The van der Waals surface area contributed by atoms with Gasteiger partial charge in [0.2, 0.25) is 0 Å². The molecular formula is C10H12Cl2N2O2. The van der Waals surface area contributed by atoms with Crippen LogP contribution in [0.25, 0.3) is 0 Å². The lowest BCUT2D eigenvalue weighted by molar-refractivity contribution is 0.200. The van der Waals surface area contributed by atoms with Gasteiger partial charge >= 0.3 is 6.09 Å². The summed E-state index contributed by atoms with van der Waals surface area (Å²) in [6, 6.07) is 4.85. The summed E-state index contributed by atoms with van der Waals surface area (Å²) in [6.07, 6.45) is -0.556. The first kappa shape index (κ1) is 13.1. The number of hydrogen-bond donors (Lipinski definition) is 2. The third-order valence-corrected chi connectivity index (χ3v) is 2.56. The number of nitrogens with one attached hydrogen (secondary N) is 2. The molecule has 0 spiro atoms. The second-order valence-electron chi connectivity index (χ2n) is 2.97. The number of likely N-dealkylation sites (N-methyl/N-ethyl adjacent to an activating group) is 1. The summed E-state index contributed by atoms with van der Waals surface area (Å²) in [6.45, 7) is 1.14. The van der Waals surface area contributed by atoms with E-state index < -0.39 is 6.09 Å². The van der Waals surface area contributed by atoms with Crippen molar-refractivity contribution in [2.75, 3.05) is 20.1 Å². The molecule has 16 heavy (non-hydrogen) atoms. The fraction of sp³-hybridized carbons (Fsp3) is 0.300. The number of amides is 1. The molecule has 0 atom stereocenters. The minimum atomic E-state index is -0.556. The van der Waals surface area contributed by atoms with Gasteiger partial charge in [-0.2, -0.15) is 0 Å². The van der Waals surface area contributed by atoms with Crippen molar-refractivity contribution >= 4 is 29.3 Å². The van der Waals surface area contributed by atoms with Gasteiger partial charge in [0.1, 0.15) is 5.02 Å². The van der Waals surface area contributed by atoms with E-state index in [2.05, 4.69) is 10.6 Å². The minimum Gasteiger partial charge on any atom is -0.409 e. The average Bonchev–Trinajstić information content (AvgIpc) is 2.25. The van der Waals surface area contributed by atoms with Crippen molar-refractivity contribution in [3.63, 3.8) is 0 Å². The minimum absolute atomic E-state index is 0.230. The van der Waals surface area contributed by atoms with E-state index >= 15 is 0 Å². The number of rotatable bonds is 4. The molecule has 1 aromatic carbocycles. The van der Waals surface area contributed by atoms with Gasteiger partial charge in [-0.15, -0.1) is 0 Å². The first-order chi connectivity index (χ1) is 7.65. The Labute approximate surface area is 104 Å². The summed E-state index contributed by atoms with van der Waals surface area (Å²) < 4.78 is 4.98. The molecule has 0 unspecified atom stereocenters. The van der Waals surface area contributed by atoms with E-state index in [-0.39, 0.29) is 10.8 Å². The third-order valence-electron chi connectivity index (χ3n) is 1.76. The van der Waals surface area contributed by atoms with Crippen molar-refractivity contribution in [2.24, 2.45) is 0 Å². The molecule has 0 aliphatic carbocycles. The molecule has 88 valence electrons. The van der Waals surface area contributed by atoms with Crippen LogP contribution in [0.5, 0.6) is 5.75 Å². The maximum Gasteiger partial charge on any atom is 0.412 e. The van der Waals surface area contributed by atoms with Crippen LogP contribution in [0.4, 0.5) is 4.79 Å². The van der Waals surface area contributed by atoms with E-state index in [9.17, 15) is 4.79 Å². The van der Waals surface area contributed by atoms with E-state index in [1.807, 2.05) is 0 Å². The number of carbonyl (C=O) groups excluding carboxylic acids is 1. The highest BCUT2D eigenvalue weighted by Gasteiger charge is 2.09. The van der Waals surface area contributed by atoms with Gasteiger partial charge in [0, 0.05) is 13.1 Å². The molecule has 1 amide bonds. The number of hydrogen-bond acceptors (Lipinski definition) is 3. The zero-order valence-corrected chi connectivity index (χ0v) is 10.2. The van der Waals surface area contributed by atoms with Crippen LogP contribution in [-0.4, -0.2) is 26.2 Å². The first-order valence-corrected chi connectivity index (χ1v) is 5.45. The molecule has 0 saturated heterocycles. The first-order valence-electron chi connectivity index (χ1n) is 4.69. The average molecular weight is 263 g/mol. The number of ether oxygens (including phenoxy) is 1. The third kappa shape index (κ3) is 3.89. The molecule has 0 bridgehead atoms. The number of carbonyl (C=O) groups is 1. The molecule has 0 fully saturated rings. The Morgan fingerprint density at radius 1 is 1.38 bits per heavy atom. The van der Waals surface area contributed by atoms with Gasteiger partial charge in [0.05, 0.1) is 5.02 Å². The zero-order valence-electron chi connectivity index (χ0n) is 8.72. The fourth-order valence-corrected chi connectivity index (χ4v) is 1.32. The SMILES string of the molecule is CNCCNC(=O)Oc1cccc(Cl)c1Cl. The lowest BCUT2D eigenvalue weighted by Crippen LogP contribution is -2.32. The molecule has 0 radical (unpaired) electrons. The van der Waals surface area contributed by atoms with Gasteiger partial charge in [0.25, 0.3) is 0 Å². The Balaban J connectivity index is 2.53. The van der Waals surface area contributed by atoms with Crippen LogP contribution in [0.2, 0.25) is 10.0 Å². The van der Waals surface area contributed by atoms with Crippen molar-refractivity contribution in [2.45, 2.75) is 0 Å². The van der Waals surface area contributed by atoms with E-state index in [0.717, 1.165) is 0 Å². The van der Waals surface area contributed by atoms with Gasteiger partial charge in [-0.05, 0) is 19.2 Å². The molecular weight excluding hydrogens is 251 g/mol. The Morgan fingerprint density at radius 3 is 2.81 bits per heavy atom. The van der Waals surface area contributed by atoms with Crippen molar-refractivity contribution in [3.05, 3.63) is 28.2 Å². The summed E-state index contributed by atoms with van der Waals surface area (Å²) in [4.78, 5) is 11.3. The molecule has 0 saturated carbocycles. The van der Waals surface area contributed by atoms with Gasteiger partial charge < -0.3 is 15.4 Å². The number of benzene rings is 1. The smallest absolute Gasteiger partial charge is 0.409 e. The highest BCUT2D eigenvalue weighted by Crippen LogP contribution is 2.31. The monoisotopic (exact) mass is 262 g/mol. The van der Waals surface area contributed by atoms with Gasteiger partial charge in [-0.25, -0.2) is 4.79 Å². The van der Waals surface area contributed by atoms with E-state index in [1.54, 1.807) is 25.2 Å². The predicted molar refractivity (Wildman–Crippen MR) is 64.4 cm³/mol. The molecule has 0 aliphatic rings. The molecule has 6 heteroatoms. The standard InChI is InChI=1S/C10H12Cl2N2O2/c1-13-5-6-14-10(15)16-8-4-2-3-7(11)9(8)12/h2-4,13H,5-6H2,1H3,(H,14,15). The second kappa shape index (κ2) is 6.58. The predicted octanol–water partition coefficient (Wildman–Crippen LogP) is 2.30. The molecule has 0 aromatic heterocycles. The summed E-state index contributed by atoms with van der Waals surface area (Å²) in [5, 5.41) is 6.02. The van der Waals surface area contributed by atoms with Crippen LogP contribution < -0.4 is 15.4 Å². The summed E-state index contributed by atoms with van der Waals surface area (Å²) >= 11 is 11.6. The number of halogens is 2. The van der Waals surface area contributed by atoms with Gasteiger partial charge in [-0.3, -0.25) is 0 Å². The van der Waals surface area contributed by atoms with Crippen LogP contribution in [0.3, 0.4) is 0 Å². The molecule has 1 aromatic rings. The van der Waals surface area contributed by atoms with Crippen LogP contribution in [0, 0.1) is 0 Å². The zero-order chi connectivity index (χ0) is 12.0. The molecule has 0 aliphatic heterocycles. The fourth-order valence-electron chi connectivity index (χ4n) is 0.988. The summed E-state index contributed by atoms with van der Waals surface area (Å²) in [7, 11) is 1.79. The molecule has 2 N–H and O–H groups in total. The normalized spacial score (nSPS) is 9.94. The van der Waals surface area contributed by atoms with Gasteiger partial charge in [0.15, 0.2) is 5.75 Å². The maximum atomic E-state index is 11.3. The van der Waals surface area contributed by atoms with E-state index in [0.29, 0.717) is 18.1 Å². The van der Waals surface area contributed by atoms with Crippen molar-refractivity contribution < 1.29 is 9.53 Å². The van der Waals surface area contributed by atoms with Gasteiger partial charge in [-0.1, -0.05) is 29.3 Å². The summed E-state index contributed by atoms with van der Waals surface area (Å²) in [5.74, 6) is 0.246. The lowest BCUT2D eigenvalue weighted by Gasteiger charge is -2.08. The Hall–Kier alpha value is -0.970. The lowest BCUT2D eigenvalue weighted by atomic mass is 10.3. The van der Waals surface area contributed by atoms with Crippen LogP contribution >= 0.6 is 23.2 Å². The molecule has 4 nitrogen and oxygen atoms in total. The molecule has 1 rings (SSSR count). The highest BCUT2D eigenvalue weighted by atomic mass is 35.5. The Bertz CT molecular complexity index is 372. The maximum absolute atomic E-state index is 11.3. The van der Waals surface area contributed by atoms with Crippen molar-refractivity contribution in [1.29, 1.82) is 0 Å². The van der Waals surface area contributed by atoms with E-state index in [4.69, 9.17) is 27.9 Å². The van der Waals surface area contributed by atoms with Crippen LogP contribution in [0.1, 0.15) is 0 Å². The topological polar surface area (TPSA) is 50.4 Å². The highest BCUT2D eigenvalue weighted by molar-refractivity contribution is 6.43. The van der Waals surface area contributed by atoms with Crippen LogP contribution in [0.15, 0.2) is 18.2 Å².